The van der Waals surface area contributed by atoms with Crippen molar-refractivity contribution in [1.29, 1.82) is 0 Å². The number of nitrogens with one attached hydrogen (secondary N) is 1. The average molecular weight is 225 g/mol. The van der Waals surface area contributed by atoms with Gasteiger partial charge in [-0.15, -0.1) is 0 Å². The highest BCUT2D eigenvalue weighted by Gasteiger charge is 2.01. The molecular weight excluding hydrogens is 194 g/mol. The second kappa shape index (κ2) is 11.2. The van der Waals surface area contributed by atoms with Crippen molar-refractivity contribution < 1.29 is 0 Å². The molecule has 0 amide bonds. The molecule has 0 spiro atoms. The molecule has 0 saturated carbocycles. The minimum atomic E-state index is 0.584. The lowest BCUT2D eigenvalue weighted by Gasteiger charge is -2.12. The van der Waals surface area contributed by atoms with Crippen molar-refractivity contribution in [3.63, 3.8) is 0 Å². The molecule has 0 aromatic carbocycles. The molecule has 0 aromatic heterocycles. The standard InChI is InChI=1S/C15H31N/c1-5-6-7-8-9-10-11-12-15(16-4)13-14(2)3/h13,15-16H,5-12H2,1-4H3. The van der Waals surface area contributed by atoms with Gasteiger partial charge in [0, 0.05) is 6.04 Å². The molecular formula is C15H31N. The minimum absolute atomic E-state index is 0.584. The van der Waals surface area contributed by atoms with Gasteiger partial charge in [0.15, 0.2) is 0 Å². The maximum absolute atomic E-state index is 3.37. The lowest BCUT2D eigenvalue weighted by molar-refractivity contribution is 0.531. The molecule has 0 heterocycles. The molecule has 1 nitrogen and oxygen atoms in total. The third-order valence-corrected chi connectivity index (χ3v) is 3.02. The van der Waals surface area contributed by atoms with Crippen molar-refractivity contribution >= 4 is 0 Å². The van der Waals surface area contributed by atoms with Gasteiger partial charge in [-0.1, -0.05) is 63.5 Å². The van der Waals surface area contributed by atoms with E-state index in [0.717, 1.165) is 0 Å². The van der Waals surface area contributed by atoms with E-state index in [1.807, 2.05) is 0 Å². The van der Waals surface area contributed by atoms with Crippen molar-refractivity contribution in [3.8, 4) is 0 Å². The molecule has 0 aromatic rings. The number of allylic oxidation sites excluding steroid dienone is 1. The Morgan fingerprint density at radius 2 is 1.56 bits per heavy atom. The number of rotatable bonds is 10. The molecule has 0 aliphatic heterocycles. The van der Waals surface area contributed by atoms with E-state index in [1.54, 1.807) is 0 Å². The fourth-order valence-corrected chi connectivity index (χ4v) is 2.03. The van der Waals surface area contributed by atoms with E-state index in [0.29, 0.717) is 6.04 Å². The van der Waals surface area contributed by atoms with Crippen molar-refractivity contribution in [1.82, 2.24) is 5.32 Å². The maximum atomic E-state index is 3.37. The average Bonchev–Trinajstić information content (AvgIpc) is 2.25. The Morgan fingerprint density at radius 3 is 2.06 bits per heavy atom. The zero-order chi connectivity index (χ0) is 12.2. The zero-order valence-electron chi connectivity index (χ0n) is 11.8. The van der Waals surface area contributed by atoms with Crippen molar-refractivity contribution in [2.75, 3.05) is 7.05 Å². The monoisotopic (exact) mass is 225 g/mol. The highest BCUT2D eigenvalue weighted by molar-refractivity contribution is 5.00. The van der Waals surface area contributed by atoms with Crippen LogP contribution < -0.4 is 5.32 Å². The number of hydrogen-bond donors (Lipinski definition) is 1. The van der Waals surface area contributed by atoms with Gasteiger partial charge in [-0.2, -0.15) is 0 Å². The molecule has 96 valence electrons. The van der Waals surface area contributed by atoms with Crippen LogP contribution in [0.2, 0.25) is 0 Å². The summed E-state index contributed by atoms with van der Waals surface area (Å²) in [5, 5.41) is 3.37. The van der Waals surface area contributed by atoms with Gasteiger partial charge in [-0.25, -0.2) is 0 Å². The Morgan fingerprint density at radius 1 is 1.00 bits per heavy atom. The summed E-state index contributed by atoms with van der Waals surface area (Å²) < 4.78 is 0. The quantitative estimate of drug-likeness (QED) is 0.420. The van der Waals surface area contributed by atoms with Gasteiger partial charge in [-0.05, 0) is 27.3 Å². The molecule has 0 aliphatic rings. The lowest BCUT2D eigenvalue weighted by atomic mass is 10.0. The van der Waals surface area contributed by atoms with Crippen LogP contribution in [0.4, 0.5) is 0 Å². The summed E-state index contributed by atoms with van der Waals surface area (Å²) in [5.41, 5.74) is 1.42. The first-order chi connectivity index (χ1) is 7.70. The molecule has 0 aliphatic carbocycles. The highest BCUT2D eigenvalue weighted by atomic mass is 14.9. The van der Waals surface area contributed by atoms with Crippen LogP contribution in [0.25, 0.3) is 0 Å². The van der Waals surface area contributed by atoms with Crippen LogP contribution in [-0.2, 0) is 0 Å². The van der Waals surface area contributed by atoms with E-state index in [-0.39, 0.29) is 0 Å². The van der Waals surface area contributed by atoms with E-state index in [4.69, 9.17) is 0 Å². The summed E-state index contributed by atoms with van der Waals surface area (Å²) in [4.78, 5) is 0. The molecule has 1 atom stereocenters. The van der Waals surface area contributed by atoms with E-state index < -0.39 is 0 Å². The van der Waals surface area contributed by atoms with Gasteiger partial charge < -0.3 is 5.32 Å². The maximum Gasteiger partial charge on any atom is 0.0249 e. The van der Waals surface area contributed by atoms with Gasteiger partial charge in [0.25, 0.3) is 0 Å². The second-order valence-electron chi connectivity index (χ2n) is 5.05. The van der Waals surface area contributed by atoms with Crippen molar-refractivity contribution in [2.45, 2.75) is 78.2 Å². The molecule has 1 heteroatoms. The lowest BCUT2D eigenvalue weighted by Crippen LogP contribution is -2.22. The smallest absolute Gasteiger partial charge is 0.0249 e. The van der Waals surface area contributed by atoms with Crippen molar-refractivity contribution in [2.24, 2.45) is 0 Å². The largest absolute Gasteiger partial charge is 0.314 e. The third kappa shape index (κ3) is 10.2. The van der Waals surface area contributed by atoms with E-state index in [1.165, 1.54) is 56.9 Å². The number of unbranched alkanes of at least 4 members (excludes halogenated alkanes) is 6. The van der Waals surface area contributed by atoms with Crippen LogP contribution in [0.1, 0.15) is 72.1 Å². The first-order valence-corrected chi connectivity index (χ1v) is 7.03. The molecule has 0 rings (SSSR count). The van der Waals surface area contributed by atoms with Gasteiger partial charge >= 0.3 is 0 Å². The van der Waals surface area contributed by atoms with Gasteiger partial charge in [0.05, 0.1) is 0 Å². The Bertz CT molecular complexity index is 168. The summed E-state index contributed by atoms with van der Waals surface area (Å²) in [6.07, 6.45) is 13.4. The van der Waals surface area contributed by atoms with Crippen LogP contribution in [0.3, 0.4) is 0 Å². The van der Waals surface area contributed by atoms with Crippen LogP contribution in [0, 0.1) is 0 Å². The number of hydrogen-bond acceptors (Lipinski definition) is 1. The summed E-state index contributed by atoms with van der Waals surface area (Å²) >= 11 is 0. The molecule has 16 heavy (non-hydrogen) atoms. The fourth-order valence-electron chi connectivity index (χ4n) is 2.03. The van der Waals surface area contributed by atoms with Crippen LogP contribution in [0.15, 0.2) is 11.6 Å². The van der Waals surface area contributed by atoms with Crippen LogP contribution >= 0.6 is 0 Å². The van der Waals surface area contributed by atoms with Gasteiger partial charge in [0.2, 0.25) is 0 Å². The Labute approximate surface area is 103 Å². The van der Waals surface area contributed by atoms with Crippen LogP contribution in [-0.4, -0.2) is 13.1 Å². The second-order valence-corrected chi connectivity index (χ2v) is 5.05. The summed E-state index contributed by atoms with van der Waals surface area (Å²) in [7, 11) is 2.06. The fraction of sp³-hybridized carbons (Fsp3) is 0.867. The Hall–Kier alpha value is -0.300. The first-order valence-electron chi connectivity index (χ1n) is 7.03. The number of likely N-dealkylation sites (N-methyl/N-ethyl adjacent to an activating group) is 1. The predicted molar refractivity (Wildman–Crippen MR) is 74.9 cm³/mol. The van der Waals surface area contributed by atoms with E-state index in [2.05, 4.69) is 39.2 Å². The summed E-state index contributed by atoms with van der Waals surface area (Å²) in [6.45, 7) is 6.63. The summed E-state index contributed by atoms with van der Waals surface area (Å²) in [5.74, 6) is 0. The zero-order valence-corrected chi connectivity index (χ0v) is 11.8. The third-order valence-electron chi connectivity index (χ3n) is 3.02. The highest BCUT2D eigenvalue weighted by Crippen LogP contribution is 2.10. The Balaban J connectivity index is 3.38. The van der Waals surface area contributed by atoms with Crippen LogP contribution in [0.5, 0.6) is 0 Å². The summed E-state index contributed by atoms with van der Waals surface area (Å²) in [6, 6.07) is 0.584. The topological polar surface area (TPSA) is 12.0 Å². The first kappa shape index (κ1) is 15.7. The molecule has 0 saturated heterocycles. The van der Waals surface area contributed by atoms with E-state index >= 15 is 0 Å². The SMILES string of the molecule is CCCCCCCCCC(C=C(C)C)NC. The molecule has 1 unspecified atom stereocenters. The van der Waals surface area contributed by atoms with E-state index in [9.17, 15) is 0 Å². The van der Waals surface area contributed by atoms with Crippen molar-refractivity contribution in [3.05, 3.63) is 11.6 Å². The van der Waals surface area contributed by atoms with Gasteiger partial charge in [0.1, 0.15) is 0 Å². The Kier molecular flexibility index (Phi) is 11.0. The molecule has 0 fully saturated rings. The normalized spacial score (nSPS) is 12.5. The minimum Gasteiger partial charge on any atom is -0.314 e. The predicted octanol–water partition coefficient (Wildman–Crippen LogP) is 4.68. The van der Waals surface area contributed by atoms with Gasteiger partial charge in [-0.3, -0.25) is 0 Å². The molecule has 0 radical (unpaired) electrons. The molecule has 1 N–H and O–H groups in total. The molecule has 0 bridgehead atoms.